The van der Waals surface area contributed by atoms with E-state index in [1.807, 2.05) is 0 Å². The maximum atomic E-state index is 10.4. The van der Waals surface area contributed by atoms with Crippen LogP contribution in [-0.4, -0.2) is 4.92 Å². The summed E-state index contributed by atoms with van der Waals surface area (Å²) in [6.45, 7) is 0. The van der Waals surface area contributed by atoms with Crippen LogP contribution in [-0.2, 0) is 3.79 Å². The Labute approximate surface area is 89.4 Å². The summed E-state index contributed by atoms with van der Waals surface area (Å²) in [7, 11) is 0. The first-order chi connectivity index (χ1) is 5.91. The van der Waals surface area contributed by atoms with E-state index in [0.29, 0.717) is 0 Å². The summed E-state index contributed by atoms with van der Waals surface area (Å²) in [6, 6.07) is 5.54. The molecular formula is C7H4Cl3NO2. The Kier molecular flexibility index (Phi) is 3.01. The van der Waals surface area contributed by atoms with Crippen molar-refractivity contribution in [1.82, 2.24) is 0 Å². The van der Waals surface area contributed by atoms with Gasteiger partial charge in [-0.1, -0.05) is 46.9 Å². The highest BCUT2D eigenvalue weighted by Crippen LogP contribution is 2.39. The lowest BCUT2D eigenvalue weighted by atomic mass is 10.2. The maximum absolute atomic E-state index is 10.4. The number of benzene rings is 1. The average molecular weight is 240 g/mol. The van der Waals surface area contributed by atoms with Crippen molar-refractivity contribution in [2.75, 3.05) is 0 Å². The molecule has 13 heavy (non-hydrogen) atoms. The van der Waals surface area contributed by atoms with Gasteiger partial charge in [-0.3, -0.25) is 10.1 Å². The molecule has 0 spiro atoms. The van der Waals surface area contributed by atoms with E-state index in [4.69, 9.17) is 34.8 Å². The SMILES string of the molecule is O=[N+]([O-])c1cccc(C(Cl)(Cl)Cl)c1. The molecule has 6 heteroatoms. The van der Waals surface area contributed by atoms with Gasteiger partial charge in [0.05, 0.1) is 4.92 Å². The van der Waals surface area contributed by atoms with Crippen molar-refractivity contribution in [3.8, 4) is 0 Å². The molecule has 0 saturated carbocycles. The van der Waals surface area contributed by atoms with E-state index < -0.39 is 8.72 Å². The first-order valence-electron chi connectivity index (χ1n) is 3.23. The molecule has 1 aromatic carbocycles. The number of rotatable bonds is 1. The monoisotopic (exact) mass is 239 g/mol. The van der Waals surface area contributed by atoms with Crippen LogP contribution < -0.4 is 0 Å². The van der Waals surface area contributed by atoms with Crippen LogP contribution in [0.3, 0.4) is 0 Å². The van der Waals surface area contributed by atoms with E-state index in [0.717, 1.165) is 0 Å². The van der Waals surface area contributed by atoms with E-state index in [1.54, 1.807) is 0 Å². The van der Waals surface area contributed by atoms with Gasteiger partial charge < -0.3 is 0 Å². The van der Waals surface area contributed by atoms with Crippen molar-refractivity contribution in [2.24, 2.45) is 0 Å². The van der Waals surface area contributed by atoms with Crippen molar-refractivity contribution < 1.29 is 4.92 Å². The van der Waals surface area contributed by atoms with Crippen LogP contribution in [0.4, 0.5) is 5.69 Å². The molecule has 0 bridgehead atoms. The summed E-state index contributed by atoms with van der Waals surface area (Å²) < 4.78 is -1.62. The zero-order valence-electron chi connectivity index (χ0n) is 6.21. The van der Waals surface area contributed by atoms with Crippen molar-refractivity contribution in [2.45, 2.75) is 3.79 Å². The Morgan fingerprint density at radius 2 is 1.92 bits per heavy atom. The highest BCUT2D eigenvalue weighted by Gasteiger charge is 2.24. The molecule has 0 heterocycles. The lowest BCUT2D eigenvalue weighted by Crippen LogP contribution is -2.00. The van der Waals surface area contributed by atoms with E-state index in [1.165, 1.54) is 24.3 Å². The molecule has 0 radical (unpaired) electrons. The molecule has 0 aromatic heterocycles. The predicted octanol–water partition coefficient (Wildman–Crippen LogP) is 3.42. The van der Waals surface area contributed by atoms with Crippen molar-refractivity contribution in [1.29, 1.82) is 0 Å². The molecule has 0 aliphatic rings. The minimum Gasteiger partial charge on any atom is -0.258 e. The summed E-state index contributed by atoms with van der Waals surface area (Å²) >= 11 is 16.6. The van der Waals surface area contributed by atoms with E-state index >= 15 is 0 Å². The van der Waals surface area contributed by atoms with Crippen LogP contribution in [0.5, 0.6) is 0 Å². The van der Waals surface area contributed by atoms with Crippen molar-refractivity contribution in [3.63, 3.8) is 0 Å². The Morgan fingerprint density at radius 1 is 1.31 bits per heavy atom. The molecule has 0 amide bonds. The zero-order chi connectivity index (χ0) is 10.1. The van der Waals surface area contributed by atoms with Crippen LogP contribution in [0.25, 0.3) is 0 Å². The van der Waals surface area contributed by atoms with Gasteiger partial charge in [-0.2, -0.15) is 0 Å². The second kappa shape index (κ2) is 3.70. The Morgan fingerprint density at radius 3 is 2.38 bits per heavy atom. The van der Waals surface area contributed by atoms with Gasteiger partial charge in [0.15, 0.2) is 0 Å². The number of non-ortho nitro benzene ring substituents is 1. The second-order valence-electron chi connectivity index (χ2n) is 2.31. The molecule has 3 nitrogen and oxygen atoms in total. The largest absolute Gasteiger partial charge is 0.269 e. The van der Waals surface area contributed by atoms with Gasteiger partial charge >= 0.3 is 0 Å². The van der Waals surface area contributed by atoms with Crippen LogP contribution in [0.2, 0.25) is 0 Å². The summed E-state index contributed by atoms with van der Waals surface area (Å²) in [5, 5.41) is 10.4. The zero-order valence-corrected chi connectivity index (χ0v) is 8.47. The molecule has 0 atom stereocenters. The Hall–Kier alpha value is -0.510. The van der Waals surface area contributed by atoms with Gasteiger partial charge in [-0.05, 0) is 0 Å². The van der Waals surface area contributed by atoms with Crippen LogP contribution in [0, 0.1) is 10.1 Å². The van der Waals surface area contributed by atoms with Crippen molar-refractivity contribution >= 4 is 40.5 Å². The molecule has 0 aliphatic carbocycles. The first kappa shape index (κ1) is 10.6. The number of alkyl halides is 3. The molecule has 70 valence electrons. The third-order valence-electron chi connectivity index (χ3n) is 1.38. The number of nitrogens with zero attached hydrogens (tertiary/aromatic N) is 1. The number of nitro benzene ring substituents is 1. The fourth-order valence-electron chi connectivity index (χ4n) is 0.796. The van der Waals surface area contributed by atoms with Gasteiger partial charge in [0.2, 0.25) is 3.79 Å². The maximum Gasteiger partial charge on any atom is 0.269 e. The van der Waals surface area contributed by atoms with E-state index in [2.05, 4.69) is 0 Å². The van der Waals surface area contributed by atoms with Gasteiger partial charge in [0.25, 0.3) is 5.69 Å². The minimum atomic E-state index is -1.62. The first-order valence-corrected chi connectivity index (χ1v) is 4.36. The number of nitro groups is 1. The fraction of sp³-hybridized carbons (Fsp3) is 0.143. The van der Waals surface area contributed by atoms with E-state index in [9.17, 15) is 10.1 Å². The summed E-state index contributed by atoms with van der Waals surface area (Å²) in [4.78, 5) is 9.81. The molecule has 1 rings (SSSR count). The van der Waals surface area contributed by atoms with Crippen LogP contribution >= 0.6 is 34.8 Å². The highest BCUT2D eigenvalue weighted by molar-refractivity contribution is 6.66. The normalized spacial score (nSPS) is 11.3. The standard InChI is InChI=1S/C7H4Cl3NO2/c8-7(9,10)5-2-1-3-6(4-5)11(12)13/h1-4H. The topological polar surface area (TPSA) is 43.1 Å². The van der Waals surface area contributed by atoms with E-state index in [-0.39, 0.29) is 11.3 Å². The third-order valence-corrected chi connectivity index (χ3v) is 2.04. The molecule has 0 N–H and O–H groups in total. The lowest BCUT2D eigenvalue weighted by Gasteiger charge is -2.09. The minimum absolute atomic E-state index is 0.0937. The van der Waals surface area contributed by atoms with Gasteiger partial charge in [-0.15, -0.1) is 0 Å². The smallest absolute Gasteiger partial charge is 0.258 e. The van der Waals surface area contributed by atoms with Crippen molar-refractivity contribution in [3.05, 3.63) is 39.9 Å². The predicted molar refractivity (Wildman–Crippen MR) is 52.3 cm³/mol. The van der Waals surface area contributed by atoms with Gasteiger partial charge in [0.1, 0.15) is 0 Å². The van der Waals surface area contributed by atoms with Crippen LogP contribution in [0.1, 0.15) is 5.56 Å². The molecule has 0 saturated heterocycles. The quantitative estimate of drug-likeness (QED) is 0.429. The highest BCUT2D eigenvalue weighted by atomic mass is 35.6. The lowest BCUT2D eigenvalue weighted by molar-refractivity contribution is -0.384. The fourth-order valence-corrected chi connectivity index (χ4v) is 1.15. The molecule has 1 aromatic rings. The molecular weight excluding hydrogens is 236 g/mol. The molecule has 0 unspecified atom stereocenters. The summed E-state index contributed by atoms with van der Waals surface area (Å²) in [5.41, 5.74) is 0.190. The Balaban J connectivity index is 3.13. The van der Waals surface area contributed by atoms with Crippen LogP contribution in [0.15, 0.2) is 24.3 Å². The van der Waals surface area contributed by atoms with Gasteiger partial charge in [-0.25, -0.2) is 0 Å². The number of hydrogen-bond donors (Lipinski definition) is 0. The number of hydrogen-bond acceptors (Lipinski definition) is 2. The molecule has 0 aliphatic heterocycles. The summed E-state index contributed by atoms with van der Waals surface area (Å²) in [5.74, 6) is 0. The summed E-state index contributed by atoms with van der Waals surface area (Å²) in [6.07, 6.45) is 0. The third kappa shape index (κ3) is 2.72. The second-order valence-corrected chi connectivity index (χ2v) is 4.59. The Bertz CT molecular complexity index is 335. The van der Waals surface area contributed by atoms with Gasteiger partial charge in [0, 0.05) is 17.7 Å². The average Bonchev–Trinajstić information content (AvgIpc) is 2.03. The number of halogens is 3. The molecule has 0 fully saturated rings.